The summed E-state index contributed by atoms with van der Waals surface area (Å²) >= 11 is 0. The zero-order chi connectivity index (χ0) is 18.9. The van der Waals surface area contributed by atoms with Crippen molar-refractivity contribution < 1.29 is 14.3 Å². The second-order valence-corrected chi connectivity index (χ2v) is 6.63. The molecule has 1 unspecified atom stereocenters. The SMILES string of the molecule is COc1cc(CNC2CCCCNC2=O)ccc1OCCc1ccccn1. The Balaban J connectivity index is 1.54. The van der Waals surface area contributed by atoms with Crippen LogP contribution in [-0.4, -0.2) is 37.2 Å². The molecule has 1 aromatic carbocycles. The maximum absolute atomic E-state index is 12.0. The number of amides is 1. The van der Waals surface area contributed by atoms with E-state index in [0.717, 1.165) is 43.5 Å². The minimum Gasteiger partial charge on any atom is -0.493 e. The molecule has 0 aliphatic carbocycles. The van der Waals surface area contributed by atoms with Crippen molar-refractivity contribution in [1.29, 1.82) is 0 Å². The molecule has 144 valence electrons. The van der Waals surface area contributed by atoms with Crippen molar-refractivity contribution in [3.63, 3.8) is 0 Å². The molecule has 1 aliphatic heterocycles. The lowest BCUT2D eigenvalue weighted by Crippen LogP contribution is -2.42. The van der Waals surface area contributed by atoms with Gasteiger partial charge in [0.25, 0.3) is 0 Å². The Morgan fingerprint density at radius 3 is 2.96 bits per heavy atom. The Morgan fingerprint density at radius 1 is 1.22 bits per heavy atom. The van der Waals surface area contributed by atoms with Gasteiger partial charge in [-0.3, -0.25) is 9.78 Å². The fourth-order valence-corrected chi connectivity index (χ4v) is 3.13. The number of methoxy groups -OCH3 is 1. The summed E-state index contributed by atoms with van der Waals surface area (Å²) in [5, 5.41) is 6.29. The highest BCUT2D eigenvalue weighted by Crippen LogP contribution is 2.28. The first-order chi connectivity index (χ1) is 13.3. The molecule has 6 nitrogen and oxygen atoms in total. The average molecular weight is 369 g/mol. The molecule has 0 radical (unpaired) electrons. The zero-order valence-corrected chi connectivity index (χ0v) is 15.7. The fraction of sp³-hybridized carbons (Fsp3) is 0.429. The molecule has 2 heterocycles. The van der Waals surface area contributed by atoms with Crippen molar-refractivity contribution in [2.75, 3.05) is 20.3 Å². The highest BCUT2D eigenvalue weighted by atomic mass is 16.5. The molecule has 0 bridgehead atoms. The van der Waals surface area contributed by atoms with E-state index in [-0.39, 0.29) is 11.9 Å². The molecule has 1 aliphatic rings. The van der Waals surface area contributed by atoms with E-state index >= 15 is 0 Å². The van der Waals surface area contributed by atoms with Gasteiger partial charge in [-0.2, -0.15) is 0 Å². The van der Waals surface area contributed by atoms with Gasteiger partial charge in [0.2, 0.25) is 5.91 Å². The first-order valence-electron chi connectivity index (χ1n) is 9.47. The van der Waals surface area contributed by atoms with Crippen LogP contribution in [0.1, 0.15) is 30.5 Å². The molecule has 1 amide bonds. The van der Waals surface area contributed by atoms with Gasteiger partial charge < -0.3 is 20.1 Å². The van der Waals surface area contributed by atoms with Crippen molar-refractivity contribution >= 4 is 5.91 Å². The minimum absolute atomic E-state index is 0.0916. The van der Waals surface area contributed by atoms with E-state index in [0.29, 0.717) is 24.7 Å². The Labute approximate surface area is 160 Å². The standard InChI is InChI=1S/C21H27N3O3/c1-26-20-14-16(15-24-18-7-3-5-12-23-21(18)25)8-9-19(20)27-13-10-17-6-2-4-11-22-17/h2,4,6,8-9,11,14,18,24H,3,5,7,10,12-13,15H2,1H3,(H,23,25). The van der Waals surface area contributed by atoms with Gasteiger partial charge in [0, 0.05) is 31.4 Å². The topological polar surface area (TPSA) is 72.5 Å². The van der Waals surface area contributed by atoms with Gasteiger partial charge in [-0.15, -0.1) is 0 Å². The number of nitrogens with one attached hydrogen (secondary N) is 2. The van der Waals surface area contributed by atoms with E-state index in [4.69, 9.17) is 9.47 Å². The molecule has 1 saturated heterocycles. The maximum atomic E-state index is 12.0. The molecule has 1 aromatic heterocycles. The van der Waals surface area contributed by atoms with Crippen molar-refractivity contribution in [2.24, 2.45) is 0 Å². The lowest BCUT2D eigenvalue weighted by atomic mass is 10.1. The molecule has 1 fully saturated rings. The number of nitrogens with zero attached hydrogens (tertiary/aromatic N) is 1. The molecular formula is C21H27N3O3. The van der Waals surface area contributed by atoms with Crippen molar-refractivity contribution in [1.82, 2.24) is 15.6 Å². The van der Waals surface area contributed by atoms with Gasteiger partial charge in [-0.05, 0) is 49.1 Å². The number of carbonyl (C=O) groups excluding carboxylic acids is 1. The van der Waals surface area contributed by atoms with E-state index in [9.17, 15) is 4.79 Å². The quantitative estimate of drug-likeness (QED) is 0.748. The van der Waals surface area contributed by atoms with Crippen molar-refractivity contribution in [3.05, 3.63) is 53.9 Å². The van der Waals surface area contributed by atoms with Crippen LogP contribution in [0.5, 0.6) is 11.5 Å². The van der Waals surface area contributed by atoms with Gasteiger partial charge in [0.15, 0.2) is 11.5 Å². The summed E-state index contributed by atoms with van der Waals surface area (Å²) in [5.74, 6) is 1.50. The summed E-state index contributed by atoms with van der Waals surface area (Å²) in [7, 11) is 1.64. The third kappa shape index (κ3) is 5.69. The normalized spacial score (nSPS) is 17.1. The van der Waals surface area contributed by atoms with Gasteiger partial charge in [0.05, 0.1) is 19.8 Å². The van der Waals surface area contributed by atoms with E-state index in [2.05, 4.69) is 15.6 Å². The van der Waals surface area contributed by atoms with E-state index in [1.807, 2.05) is 36.4 Å². The Hall–Kier alpha value is -2.60. The number of hydrogen-bond acceptors (Lipinski definition) is 5. The van der Waals surface area contributed by atoms with Crippen LogP contribution >= 0.6 is 0 Å². The largest absolute Gasteiger partial charge is 0.493 e. The third-order valence-corrected chi connectivity index (χ3v) is 4.66. The third-order valence-electron chi connectivity index (χ3n) is 4.66. The summed E-state index contributed by atoms with van der Waals surface area (Å²) < 4.78 is 11.3. The van der Waals surface area contributed by atoms with Crippen LogP contribution < -0.4 is 20.1 Å². The molecule has 27 heavy (non-hydrogen) atoms. The summed E-state index contributed by atoms with van der Waals surface area (Å²) in [6.45, 7) is 1.92. The van der Waals surface area contributed by atoms with Crippen molar-refractivity contribution in [2.45, 2.75) is 38.3 Å². The second-order valence-electron chi connectivity index (χ2n) is 6.63. The van der Waals surface area contributed by atoms with E-state index in [1.54, 1.807) is 13.3 Å². The zero-order valence-electron chi connectivity index (χ0n) is 15.7. The first kappa shape index (κ1) is 19.2. The van der Waals surface area contributed by atoms with Crippen molar-refractivity contribution in [3.8, 4) is 11.5 Å². The number of hydrogen-bond donors (Lipinski definition) is 2. The van der Waals surface area contributed by atoms with Crippen LogP contribution in [0.25, 0.3) is 0 Å². The predicted octanol–water partition coefficient (Wildman–Crippen LogP) is 2.47. The number of aromatic nitrogens is 1. The smallest absolute Gasteiger partial charge is 0.237 e. The van der Waals surface area contributed by atoms with Crippen LogP contribution in [0.3, 0.4) is 0 Å². The Morgan fingerprint density at radius 2 is 2.15 bits per heavy atom. The van der Waals surface area contributed by atoms with E-state index in [1.165, 1.54) is 0 Å². The lowest BCUT2D eigenvalue weighted by Gasteiger charge is -2.16. The highest BCUT2D eigenvalue weighted by molar-refractivity contribution is 5.81. The molecule has 2 aromatic rings. The Kier molecular flexibility index (Phi) is 7.04. The van der Waals surface area contributed by atoms with Crippen LogP contribution in [0.2, 0.25) is 0 Å². The fourth-order valence-electron chi connectivity index (χ4n) is 3.13. The van der Waals surface area contributed by atoms with Crippen LogP contribution in [0.15, 0.2) is 42.6 Å². The number of benzene rings is 1. The molecule has 6 heteroatoms. The van der Waals surface area contributed by atoms with Crippen LogP contribution in [0, 0.1) is 0 Å². The Bertz CT molecular complexity index is 737. The van der Waals surface area contributed by atoms with Gasteiger partial charge >= 0.3 is 0 Å². The second kappa shape index (κ2) is 9.92. The van der Waals surface area contributed by atoms with E-state index < -0.39 is 0 Å². The molecule has 1 atom stereocenters. The van der Waals surface area contributed by atoms with Crippen LogP contribution in [-0.2, 0) is 17.8 Å². The molecule has 3 rings (SSSR count). The van der Waals surface area contributed by atoms with Gasteiger partial charge in [-0.1, -0.05) is 12.1 Å². The molecule has 0 saturated carbocycles. The van der Waals surface area contributed by atoms with Crippen LogP contribution in [0.4, 0.5) is 0 Å². The lowest BCUT2D eigenvalue weighted by molar-refractivity contribution is -0.122. The highest BCUT2D eigenvalue weighted by Gasteiger charge is 2.19. The maximum Gasteiger partial charge on any atom is 0.237 e. The average Bonchev–Trinajstić information content (AvgIpc) is 2.92. The number of carbonyl (C=O) groups is 1. The number of rotatable bonds is 8. The predicted molar refractivity (Wildman–Crippen MR) is 104 cm³/mol. The number of pyridine rings is 1. The summed E-state index contributed by atoms with van der Waals surface area (Å²) in [6, 6.07) is 11.6. The monoisotopic (exact) mass is 369 g/mol. The molecular weight excluding hydrogens is 342 g/mol. The van der Waals surface area contributed by atoms with Gasteiger partial charge in [0.1, 0.15) is 0 Å². The van der Waals surface area contributed by atoms with Gasteiger partial charge in [-0.25, -0.2) is 0 Å². The first-order valence-corrected chi connectivity index (χ1v) is 9.47. The summed E-state index contributed by atoms with van der Waals surface area (Å²) in [6.07, 6.45) is 5.50. The summed E-state index contributed by atoms with van der Waals surface area (Å²) in [4.78, 5) is 16.3. The molecule has 2 N–H and O–H groups in total. The number of ether oxygens (including phenoxy) is 2. The summed E-state index contributed by atoms with van der Waals surface area (Å²) in [5.41, 5.74) is 2.06. The molecule has 0 spiro atoms. The minimum atomic E-state index is -0.132.